The molecule has 0 unspecified atom stereocenters. The molecule has 4 fully saturated rings. The number of unbranched alkanes of at least 4 members (excludes halogenated alkanes) is 3. The van der Waals surface area contributed by atoms with Crippen molar-refractivity contribution >= 4 is 11.9 Å². The summed E-state index contributed by atoms with van der Waals surface area (Å²) in [7, 11) is 0. The van der Waals surface area contributed by atoms with E-state index in [-0.39, 0.29) is 11.9 Å². The maximum atomic E-state index is 12.7. The fourth-order valence-electron chi connectivity index (χ4n) is 9.85. The van der Waals surface area contributed by atoms with E-state index in [1.165, 1.54) is 77.0 Å². The highest BCUT2D eigenvalue weighted by Gasteiger charge is 2.41. The first-order valence-corrected chi connectivity index (χ1v) is 19.7. The van der Waals surface area contributed by atoms with Crippen molar-refractivity contribution in [1.29, 1.82) is 0 Å². The largest absolute Gasteiger partial charge is 0.446 e. The molecule has 0 heterocycles. The zero-order valence-corrected chi connectivity index (χ0v) is 29.6. The van der Waals surface area contributed by atoms with Gasteiger partial charge in [0.2, 0.25) is 0 Å². The number of hydrogen-bond donors (Lipinski definition) is 0. The van der Waals surface area contributed by atoms with Gasteiger partial charge < -0.3 is 9.47 Å². The Kier molecular flexibility index (Phi) is 14.9. The summed E-state index contributed by atoms with van der Waals surface area (Å²) in [5.41, 5.74) is -1.42. The molecule has 0 bridgehead atoms. The first-order chi connectivity index (χ1) is 22.3. The number of terminal acetylenes is 2. The minimum atomic E-state index is -0.711. The van der Waals surface area contributed by atoms with Crippen LogP contribution in [0, 0.1) is 60.2 Å². The van der Waals surface area contributed by atoms with Crippen molar-refractivity contribution < 1.29 is 19.1 Å². The Balaban J connectivity index is 1.05. The molecule has 0 aromatic carbocycles. The average molecular weight is 635 g/mol. The Bertz CT molecular complexity index is 917. The number of esters is 2. The van der Waals surface area contributed by atoms with Gasteiger partial charge in [0.05, 0.1) is 0 Å². The van der Waals surface area contributed by atoms with Gasteiger partial charge in [-0.15, -0.1) is 12.8 Å². The predicted molar refractivity (Wildman–Crippen MR) is 188 cm³/mol. The second kappa shape index (κ2) is 18.6. The molecule has 0 atom stereocenters. The van der Waals surface area contributed by atoms with Crippen molar-refractivity contribution in [2.75, 3.05) is 0 Å². The number of ether oxygens (including phenoxy) is 2. The van der Waals surface area contributed by atoms with Gasteiger partial charge in [-0.3, -0.25) is 9.59 Å². The van der Waals surface area contributed by atoms with E-state index in [1.807, 2.05) is 0 Å². The number of carbonyl (C=O) groups is 2. The minimum Gasteiger partial charge on any atom is -0.446 e. The zero-order valence-electron chi connectivity index (χ0n) is 29.6. The van der Waals surface area contributed by atoms with E-state index in [9.17, 15) is 9.59 Å². The Morgan fingerprint density at radius 2 is 0.870 bits per heavy atom. The Hall–Kier alpha value is -1.94. The molecule has 0 N–H and O–H groups in total. The summed E-state index contributed by atoms with van der Waals surface area (Å²) in [6.07, 6.45) is 39.9. The maximum absolute atomic E-state index is 12.7. The smallest absolute Gasteiger partial charge is 0.307 e. The quantitative estimate of drug-likeness (QED) is 0.102. The summed E-state index contributed by atoms with van der Waals surface area (Å²) in [4.78, 5) is 25.5. The lowest BCUT2D eigenvalue weighted by molar-refractivity contribution is -0.159. The molecule has 0 aromatic heterocycles. The molecule has 0 saturated heterocycles. The molecule has 0 radical (unpaired) electrons. The van der Waals surface area contributed by atoms with Crippen LogP contribution in [-0.4, -0.2) is 23.1 Å². The van der Waals surface area contributed by atoms with Crippen LogP contribution < -0.4 is 0 Å². The van der Waals surface area contributed by atoms with Crippen LogP contribution in [0.3, 0.4) is 0 Å². The van der Waals surface area contributed by atoms with Crippen LogP contribution in [0.25, 0.3) is 0 Å². The normalized spacial score (nSPS) is 35.0. The lowest BCUT2D eigenvalue weighted by Crippen LogP contribution is -2.39. The van der Waals surface area contributed by atoms with Crippen LogP contribution in [0.2, 0.25) is 0 Å². The van der Waals surface area contributed by atoms with Gasteiger partial charge in [-0.1, -0.05) is 89.9 Å². The minimum absolute atomic E-state index is 0.170. The van der Waals surface area contributed by atoms with Crippen molar-refractivity contribution in [2.45, 2.75) is 192 Å². The fraction of sp³-hybridized carbons (Fsp3) is 0.857. The van der Waals surface area contributed by atoms with Crippen molar-refractivity contribution in [3.8, 4) is 24.7 Å². The summed E-state index contributed by atoms with van der Waals surface area (Å²) in [5, 5.41) is 0. The molecule has 4 heteroatoms. The average Bonchev–Trinajstić information content (AvgIpc) is 3.08. The fourth-order valence-corrected chi connectivity index (χ4v) is 9.85. The summed E-state index contributed by atoms with van der Waals surface area (Å²) < 4.78 is 11.9. The molecule has 4 saturated carbocycles. The second-order valence-corrected chi connectivity index (χ2v) is 16.0. The molecule has 4 aliphatic carbocycles. The van der Waals surface area contributed by atoms with E-state index in [4.69, 9.17) is 22.3 Å². The van der Waals surface area contributed by atoms with Gasteiger partial charge in [0, 0.05) is 12.8 Å². The third-order valence-electron chi connectivity index (χ3n) is 12.8. The highest BCUT2D eigenvalue weighted by Crippen LogP contribution is 2.45. The molecule has 46 heavy (non-hydrogen) atoms. The van der Waals surface area contributed by atoms with Crippen LogP contribution in [0.4, 0.5) is 0 Å². The van der Waals surface area contributed by atoms with E-state index in [0.717, 1.165) is 113 Å². The Labute approximate surface area is 282 Å². The van der Waals surface area contributed by atoms with Gasteiger partial charge in [-0.05, 0) is 125 Å². The van der Waals surface area contributed by atoms with Gasteiger partial charge in [0.25, 0.3) is 0 Å². The van der Waals surface area contributed by atoms with Crippen molar-refractivity contribution in [3.63, 3.8) is 0 Å². The van der Waals surface area contributed by atoms with Crippen molar-refractivity contribution in [2.24, 2.45) is 35.5 Å². The molecule has 4 rings (SSSR count). The molecule has 4 nitrogen and oxygen atoms in total. The number of rotatable bonds is 15. The van der Waals surface area contributed by atoms with Crippen LogP contribution in [0.1, 0.15) is 181 Å². The van der Waals surface area contributed by atoms with Crippen molar-refractivity contribution in [3.05, 3.63) is 0 Å². The third-order valence-corrected chi connectivity index (χ3v) is 12.8. The van der Waals surface area contributed by atoms with Gasteiger partial charge in [0.15, 0.2) is 11.2 Å². The van der Waals surface area contributed by atoms with Crippen LogP contribution in [-0.2, 0) is 19.1 Å². The van der Waals surface area contributed by atoms with Gasteiger partial charge in [-0.2, -0.15) is 0 Å². The summed E-state index contributed by atoms with van der Waals surface area (Å²) in [6, 6.07) is 0. The molecule has 0 spiro atoms. The highest BCUT2D eigenvalue weighted by atomic mass is 16.6. The number of hydrogen-bond acceptors (Lipinski definition) is 4. The molecule has 258 valence electrons. The Morgan fingerprint density at radius 1 is 0.543 bits per heavy atom. The monoisotopic (exact) mass is 634 g/mol. The lowest BCUT2D eigenvalue weighted by atomic mass is 9.68. The van der Waals surface area contributed by atoms with E-state index < -0.39 is 11.2 Å². The van der Waals surface area contributed by atoms with Gasteiger partial charge in [-0.25, -0.2) is 0 Å². The van der Waals surface area contributed by atoms with E-state index in [2.05, 4.69) is 25.7 Å². The molecular weight excluding hydrogens is 568 g/mol. The highest BCUT2D eigenvalue weighted by molar-refractivity contribution is 5.70. The molecule has 4 aliphatic rings. The van der Waals surface area contributed by atoms with Gasteiger partial charge in [0.1, 0.15) is 0 Å². The summed E-state index contributed by atoms with van der Waals surface area (Å²) in [5.74, 6) is 10.4. The second-order valence-electron chi connectivity index (χ2n) is 16.0. The SMILES string of the molecule is C#CC1(OC(=O)CCCCCCC(=O)OC2(C#C)CCC(C3CCC(CCC)CC3)CC2)CCC(C2CCC(CCC)CC2)CC1. The topological polar surface area (TPSA) is 52.6 Å². The molecular formula is C42H66O4. The first kappa shape index (κ1) is 36.9. The molecule has 0 amide bonds. The van der Waals surface area contributed by atoms with Crippen LogP contribution >= 0.6 is 0 Å². The van der Waals surface area contributed by atoms with Crippen molar-refractivity contribution in [1.82, 2.24) is 0 Å². The molecule has 0 aliphatic heterocycles. The van der Waals surface area contributed by atoms with Gasteiger partial charge >= 0.3 is 11.9 Å². The predicted octanol–water partition coefficient (Wildman–Crippen LogP) is 10.8. The van der Waals surface area contributed by atoms with E-state index >= 15 is 0 Å². The third kappa shape index (κ3) is 10.8. The standard InChI is InChI=1S/C42H66O4/c1-5-13-33-17-21-35(22-18-33)37-25-29-41(7-3,30-26-37)45-39(43)15-11-9-10-12-16-40(44)46-42(8-4)31-27-38(28-32-42)36-23-19-34(14-6-2)20-24-36/h3-4,33-38H,5-6,9-32H2,1-2H3. The lowest BCUT2D eigenvalue weighted by Gasteiger charge is -2.41. The first-order valence-electron chi connectivity index (χ1n) is 19.7. The molecule has 0 aromatic rings. The van der Waals surface area contributed by atoms with E-state index in [1.54, 1.807) is 0 Å². The Morgan fingerprint density at radius 3 is 1.17 bits per heavy atom. The van der Waals surface area contributed by atoms with Crippen LogP contribution in [0.5, 0.6) is 0 Å². The van der Waals surface area contributed by atoms with Crippen LogP contribution in [0.15, 0.2) is 0 Å². The zero-order chi connectivity index (χ0) is 32.8. The summed E-state index contributed by atoms with van der Waals surface area (Å²) in [6.45, 7) is 4.60. The number of carbonyl (C=O) groups excluding carboxylic acids is 2. The maximum Gasteiger partial charge on any atom is 0.307 e. The van der Waals surface area contributed by atoms with E-state index in [0.29, 0.717) is 12.8 Å². The summed E-state index contributed by atoms with van der Waals surface area (Å²) >= 11 is 0.